The van der Waals surface area contributed by atoms with Crippen LogP contribution in [0.2, 0.25) is 0 Å². The number of carbonyl (C=O) groups is 1. The van der Waals surface area contributed by atoms with Gasteiger partial charge in [0.05, 0.1) is 11.7 Å². The van der Waals surface area contributed by atoms with E-state index < -0.39 is 0 Å². The molecule has 1 amide bonds. The van der Waals surface area contributed by atoms with Crippen LogP contribution in [0.4, 0.5) is 5.13 Å². The lowest BCUT2D eigenvalue weighted by Crippen LogP contribution is -2.22. The molecular formula is C14H12N4O2S. The third kappa shape index (κ3) is 2.82. The number of hydrogen-bond donors (Lipinski definition) is 1. The topological polar surface area (TPSA) is 76.9 Å². The predicted molar refractivity (Wildman–Crippen MR) is 81.5 cm³/mol. The summed E-state index contributed by atoms with van der Waals surface area (Å²) in [5.74, 6) is -0.231. The van der Waals surface area contributed by atoms with E-state index in [1.54, 1.807) is 24.4 Å². The van der Waals surface area contributed by atoms with Gasteiger partial charge in [0.2, 0.25) is 11.3 Å². The number of anilines is 1. The summed E-state index contributed by atoms with van der Waals surface area (Å²) in [6.45, 7) is 1.95. The van der Waals surface area contributed by atoms with Gasteiger partial charge in [-0.25, -0.2) is 4.98 Å². The van der Waals surface area contributed by atoms with Gasteiger partial charge < -0.3 is 5.32 Å². The molecule has 0 atom stereocenters. The van der Waals surface area contributed by atoms with E-state index in [0.29, 0.717) is 16.0 Å². The summed E-state index contributed by atoms with van der Waals surface area (Å²) in [5.41, 5.74) is 0.480. The van der Waals surface area contributed by atoms with Gasteiger partial charge in [-0.05, 0) is 19.1 Å². The van der Waals surface area contributed by atoms with Gasteiger partial charge in [-0.15, -0.1) is 11.3 Å². The highest BCUT2D eigenvalue weighted by molar-refractivity contribution is 7.15. The van der Waals surface area contributed by atoms with Crippen molar-refractivity contribution in [2.75, 3.05) is 5.32 Å². The molecule has 0 aliphatic rings. The average Bonchev–Trinajstić information content (AvgIpc) is 2.87. The molecular weight excluding hydrogens is 288 g/mol. The van der Waals surface area contributed by atoms with Crippen molar-refractivity contribution < 1.29 is 4.79 Å². The molecule has 2 heterocycles. The first-order chi connectivity index (χ1) is 10.1. The van der Waals surface area contributed by atoms with Crippen molar-refractivity contribution in [1.29, 1.82) is 0 Å². The molecule has 0 aliphatic carbocycles. The molecule has 7 heteroatoms. The Morgan fingerprint density at radius 3 is 2.90 bits per heavy atom. The van der Waals surface area contributed by atoms with Crippen LogP contribution in [0.3, 0.4) is 0 Å². The molecule has 0 spiro atoms. The Labute approximate surface area is 124 Å². The zero-order chi connectivity index (χ0) is 14.8. The molecule has 0 saturated heterocycles. The minimum atomic E-state index is -0.231. The Balaban J connectivity index is 1.86. The van der Waals surface area contributed by atoms with Crippen LogP contribution in [-0.4, -0.2) is 20.7 Å². The van der Waals surface area contributed by atoms with E-state index >= 15 is 0 Å². The van der Waals surface area contributed by atoms with E-state index in [9.17, 15) is 9.59 Å². The second-order valence-corrected chi connectivity index (χ2v) is 5.74. The zero-order valence-electron chi connectivity index (χ0n) is 11.2. The molecule has 2 aromatic heterocycles. The van der Waals surface area contributed by atoms with Gasteiger partial charge in [-0.3, -0.25) is 14.3 Å². The number of nitrogens with zero attached hydrogens (tertiary/aromatic N) is 3. The largest absolute Gasteiger partial charge is 0.300 e. The fourth-order valence-electron chi connectivity index (χ4n) is 1.99. The fraction of sp³-hybridized carbons (Fsp3) is 0.143. The van der Waals surface area contributed by atoms with Gasteiger partial charge in [0, 0.05) is 16.5 Å². The molecule has 3 aromatic rings. The number of nitrogens with one attached hydrogen (secondary N) is 1. The van der Waals surface area contributed by atoms with E-state index in [4.69, 9.17) is 0 Å². The van der Waals surface area contributed by atoms with Gasteiger partial charge >= 0.3 is 0 Å². The smallest absolute Gasteiger partial charge is 0.247 e. The lowest BCUT2D eigenvalue weighted by atomic mass is 10.2. The molecule has 0 radical (unpaired) electrons. The fourth-order valence-corrected chi connectivity index (χ4v) is 2.67. The molecule has 3 rings (SSSR count). The van der Waals surface area contributed by atoms with Crippen LogP contribution >= 0.6 is 11.3 Å². The number of benzene rings is 1. The van der Waals surface area contributed by atoms with Crippen molar-refractivity contribution in [1.82, 2.24) is 14.8 Å². The summed E-state index contributed by atoms with van der Waals surface area (Å²) < 4.78 is 1.51. The van der Waals surface area contributed by atoms with Crippen LogP contribution in [0.5, 0.6) is 0 Å². The molecule has 1 aromatic carbocycles. The molecule has 0 unspecified atom stereocenters. The summed E-state index contributed by atoms with van der Waals surface area (Å²) in [7, 11) is 0. The number of fused-ring (bicyclic) bond motifs is 1. The molecule has 106 valence electrons. The Kier molecular flexibility index (Phi) is 3.49. The Hall–Kier alpha value is -2.54. The van der Waals surface area contributed by atoms with E-state index in [1.165, 1.54) is 22.2 Å². The monoisotopic (exact) mass is 300 g/mol. The molecule has 0 bridgehead atoms. The maximum atomic E-state index is 12.0. The number of hydrogen-bond acceptors (Lipinski definition) is 5. The number of aryl methyl sites for hydroxylation is 1. The van der Waals surface area contributed by atoms with Gasteiger partial charge in [-0.1, -0.05) is 12.1 Å². The van der Waals surface area contributed by atoms with Crippen LogP contribution in [0.15, 0.2) is 41.5 Å². The second kappa shape index (κ2) is 5.45. The lowest BCUT2D eigenvalue weighted by molar-refractivity contribution is -0.116. The van der Waals surface area contributed by atoms with E-state index in [0.717, 1.165) is 4.88 Å². The van der Waals surface area contributed by atoms with Gasteiger partial charge in [0.25, 0.3) is 0 Å². The summed E-state index contributed by atoms with van der Waals surface area (Å²) in [5, 5.41) is 7.84. The first-order valence-corrected chi connectivity index (χ1v) is 7.12. The summed E-state index contributed by atoms with van der Waals surface area (Å²) in [6, 6.07) is 7.08. The van der Waals surface area contributed by atoms with Crippen LogP contribution in [0.25, 0.3) is 10.9 Å². The first-order valence-electron chi connectivity index (χ1n) is 6.30. The maximum absolute atomic E-state index is 12.0. The highest BCUT2D eigenvalue weighted by Crippen LogP contribution is 2.16. The summed E-state index contributed by atoms with van der Waals surface area (Å²) in [6.07, 6.45) is 2.93. The highest BCUT2D eigenvalue weighted by atomic mass is 32.1. The normalized spacial score (nSPS) is 10.7. The third-order valence-electron chi connectivity index (χ3n) is 2.92. The van der Waals surface area contributed by atoms with Crippen LogP contribution < -0.4 is 10.7 Å². The summed E-state index contributed by atoms with van der Waals surface area (Å²) >= 11 is 1.41. The maximum Gasteiger partial charge on any atom is 0.247 e. The van der Waals surface area contributed by atoms with Crippen LogP contribution in [0, 0.1) is 6.92 Å². The third-order valence-corrected chi connectivity index (χ3v) is 3.75. The quantitative estimate of drug-likeness (QED) is 0.800. The number of rotatable bonds is 3. The van der Waals surface area contributed by atoms with Crippen molar-refractivity contribution >= 4 is 33.3 Å². The molecule has 0 aliphatic heterocycles. The van der Waals surface area contributed by atoms with E-state index in [2.05, 4.69) is 15.4 Å². The minimum absolute atomic E-state index is 0.0272. The second-order valence-electron chi connectivity index (χ2n) is 4.51. The SMILES string of the molecule is Cc1cnc(NC(=O)Cn2ncc(=O)c3ccccc32)s1. The standard InChI is InChI=1S/C14H12N4O2S/c1-9-6-15-14(21-9)17-13(20)8-18-11-5-3-2-4-10(11)12(19)7-16-18/h2-7H,8H2,1H3,(H,15,17,20). The van der Waals surface area contributed by atoms with Crippen molar-refractivity contribution in [2.24, 2.45) is 0 Å². The van der Waals surface area contributed by atoms with Crippen molar-refractivity contribution in [3.05, 3.63) is 51.8 Å². The number of thiazole rings is 1. The predicted octanol–water partition coefficient (Wildman–Crippen LogP) is 1.80. The number of para-hydroxylation sites is 1. The first kappa shape index (κ1) is 13.4. The Morgan fingerprint density at radius 2 is 2.14 bits per heavy atom. The Morgan fingerprint density at radius 1 is 1.33 bits per heavy atom. The molecule has 21 heavy (non-hydrogen) atoms. The number of carbonyl (C=O) groups excluding carboxylic acids is 1. The van der Waals surface area contributed by atoms with Gasteiger partial charge in [0.15, 0.2) is 5.13 Å². The van der Waals surface area contributed by atoms with E-state index in [-0.39, 0.29) is 17.9 Å². The van der Waals surface area contributed by atoms with Crippen molar-refractivity contribution in [3.8, 4) is 0 Å². The zero-order valence-corrected chi connectivity index (χ0v) is 12.1. The van der Waals surface area contributed by atoms with Crippen molar-refractivity contribution in [3.63, 3.8) is 0 Å². The average molecular weight is 300 g/mol. The molecule has 1 N–H and O–H groups in total. The molecule has 6 nitrogen and oxygen atoms in total. The van der Waals surface area contributed by atoms with Crippen LogP contribution in [0.1, 0.15) is 4.88 Å². The molecule has 0 saturated carbocycles. The summed E-state index contributed by atoms with van der Waals surface area (Å²) in [4.78, 5) is 28.9. The minimum Gasteiger partial charge on any atom is -0.300 e. The highest BCUT2D eigenvalue weighted by Gasteiger charge is 2.09. The number of amides is 1. The molecule has 0 fully saturated rings. The van der Waals surface area contributed by atoms with Crippen molar-refractivity contribution in [2.45, 2.75) is 13.5 Å². The lowest BCUT2D eigenvalue weighted by Gasteiger charge is -2.08. The Bertz CT molecular complexity index is 869. The van der Waals surface area contributed by atoms with Gasteiger partial charge in [0.1, 0.15) is 6.54 Å². The number of aromatic nitrogens is 3. The van der Waals surface area contributed by atoms with Crippen LogP contribution in [-0.2, 0) is 11.3 Å². The van der Waals surface area contributed by atoms with E-state index in [1.807, 2.05) is 13.0 Å². The van der Waals surface area contributed by atoms with Gasteiger partial charge in [-0.2, -0.15) is 5.10 Å².